The zero-order chi connectivity index (χ0) is 18.5. The Labute approximate surface area is 153 Å². The van der Waals surface area contributed by atoms with E-state index in [9.17, 15) is 14.4 Å². The molecule has 2 aromatic carbocycles. The SMILES string of the molecule is CCCCNC(=O)[C@H](Cc1ccccc1)N1C(=O)c2ccccc2C1=O. The molecule has 0 aliphatic carbocycles. The zero-order valence-corrected chi connectivity index (χ0v) is 14.8. The first-order valence-corrected chi connectivity index (χ1v) is 8.92. The third-order valence-corrected chi connectivity index (χ3v) is 4.54. The monoisotopic (exact) mass is 350 g/mol. The molecule has 2 aromatic rings. The van der Waals surface area contributed by atoms with Gasteiger partial charge in [0.2, 0.25) is 5.91 Å². The number of nitrogens with zero attached hydrogens (tertiary/aromatic N) is 1. The summed E-state index contributed by atoms with van der Waals surface area (Å²) >= 11 is 0. The third kappa shape index (κ3) is 3.52. The number of amides is 3. The molecule has 0 saturated carbocycles. The molecule has 3 amide bonds. The number of hydrogen-bond acceptors (Lipinski definition) is 3. The van der Waals surface area contributed by atoms with Crippen LogP contribution in [0.15, 0.2) is 54.6 Å². The Morgan fingerprint density at radius 3 is 2.12 bits per heavy atom. The predicted octanol–water partition coefficient (Wildman–Crippen LogP) is 2.81. The number of unbranched alkanes of at least 4 members (excludes halogenated alkanes) is 1. The summed E-state index contributed by atoms with van der Waals surface area (Å²) in [6.45, 7) is 2.57. The second-order valence-corrected chi connectivity index (χ2v) is 6.38. The van der Waals surface area contributed by atoms with Crippen LogP contribution >= 0.6 is 0 Å². The van der Waals surface area contributed by atoms with E-state index < -0.39 is 17.9 Å². The van der Waals surface area contributed by atoms with Gasteiger partial charge in [0.25, 0.3) is 11.8 Å². The molecule has 5 heteroatoms. The minimum absolute atomic E-state index is 0.295. The molecule has 1 heterocycles. The first kappa shape index (κ1) is 17.9. The molecule has 1 atom stereocenters. The lowest BCUT2D eigenvalue weighted by molar-refractivity contribution is -0.125. The predicted molar refractivity (Wildman–Crippen MR) is 98.8 cm³/mol. The second kappa shape index (κ2) is 7.95. The van der Waals surface area contributed by atoms with E-state index in [1.54, 1.807) is 24.3 Å². The number of carbonyl (C=O) groups is 3. The van der Waals surface area contributed by atoms with Gasteiger partial charge in [0, 0.05) is 13.0 Å². The van der Waals surface area contributed by atoms with Crippen LogP contribution in [0.3, 0.4) is 0 Å². The quantitative estimate of drug-likeness (QED) is 0.617. The molecular weight excluding hydrogens is 328 g/mol. The Hall–Kier alpha value is -2.95. The zero-order valence-electron chi connectivity index (χ0n) is 14.8. The summed E-state index contributed by atoms with van der Waals surface area (Å²) in [5, 5.41) is 2.86. The Morgan fingerprint density at radius 2 is 1.54 bits per heavy atom. The molecule has 0 spiro atoms. The van der Waals surface area contributed by atoms with Gasteiger partial charge in [-0.1, -0.05) is 55.8 Å². The lowest BCUT2D eigenvalue weighted by Gasteiger charge is -2.25. The van der Waals surface area contributed by atoms with Gasteiger partial charge in [-0.25, -0.2) is 0 Å². The van der Waals surface area contributed by atoms with Crippen LogP contribution in [0.4, 0.5) is 0 Å². The van der Waals surface area contributed by atoms with Crippen LogP contribution < -0.4 is 5.32 Å². The second-order valence-electron chi connectivity index (χ2n) is 6.38. The topological polar surface area (TPSA) is 66.5 Å². The maximum atomic E-state index is 12.8. The molecule has 26 heavy (non-hydrogen) atoms. The molecule has 0 saturated heterocycles. The molecule has 1 N–H and O–H groups in total. The molecule has 134 valence electrons. The summed E-state index contributed by atoms with van der Waals surface area (Å²) in [5.41, 5.74) is 1.62. The van der Waals surface area contributed by atoms with Gasteiger partial charge in [-0.2, -0.15) is 0 Å². The number of rotatable bonds is 7. The van der Waals surface area contributed by atoms with Gasteiger partial charge in [-0.3, -0.25) is 19.3 Å². The lowest BCUT2D eigenvalue weighted by atomic mass is 10.0. The average Bonchev–Trinajstić information content (AvgIpc) is 2.92. The van der Waals surface area contributed by atoms with Crippen molar-refractivity contribution in [3.05, 3.63) is 71.3 Å². The Balaban J connectivity index is 1.89. The van der Waals surface area contributed by atoms with E-state index >= 15 is 0 Å². The highest BCUT2D eigenvalue weighted by Crippen LogP contribution is 2.26. The number of benzene rings is 2. The molecule has 1 aliphatic heterocycles. The molecule has 0 bridgehead atoms. The van der Waals surface area contributed by atoms with Crippen LogP contribution in [-0.2, 0) is 11.2 Å². The lowest BCUT2D eigenvalue weighted by Crippen LogP contribution is -2.50. The molecule has 0 fully saturated rings. The first-order valence-electron chi connectivity index (χ1n) is 8.92. The van der Waals surface area contributed by atoms with E-state index in [-0.39, 0.29) is 5.91 Å². The van der Waals surface area contributed by atoms with Gasteiger partial charge < -0.3 is 5.32 Å². The smallest absolute Gasteiger partial charge is 0.262 e. The van der Waals surface area contributed by atoms with Crippen LogP contribution in [0.1, 0.15) is 46.0 Å². The standard InChI is InChI=1S/C21H22N2O3/c1-2-3-13-22-19(24)18(14-15-9-5-4-6-10-15)23-20(25)16-11-7-8-12-17(16)21(23)26/h4-12,18H,2-3,13-14H2,1H3,(H,22,24)/t18-/m0/s1. The molecule has 1 aliphatic rings. The fourth-order valence-corrected chi connectivity index (χ4v) is 3.14. The molecule has 3 rings (SSSR count). The number of carbonyl (C=O) groups excluding carboxylic acids is 3. The van der Waals surface area contributed by atoms with Gasteiger partial charge in [0.15, 0.2) is 0 Å². The molecule has 5 nitrogen and oxygen atoms in total. The van der Waals surface area contributed by atoms with Crippen LogP contribution in [0.25, 0.3) is 0 Å². The summed E-state index contributed by atoms with van der Waals surface area (Å²) in [6, 6.07) is 15.3. The van der Waals surface area contributed by atoms with Crippen LogP contribution in [0.5, 0.6) is 0 Å². The average molecular weight is 350 g/mol. The number of imide groups is 1. The van der Waals surface area contributed by atoms with Gasteiger partial charge >= 0.3 is 0 Å². The number of fused-ring (bicyclic) bond motifs is 1. The van der Waals surface area contributed by atoms with Crippen molar-refractivity contribution >= 4 is 17.7 Å². The van der Waals surface area contributed by atoms with E-state index in [0.717, 1.165) is 23.3 Å². The van der Waals surface area contributed by atoms with Crippen molar-refractivity contribution < 1.29 is 14.4 Å². The molecule has 0 aromatic heterocycles. The highest BCUT2D eigenvalue weighted by molar-refractivity contribution is 6.22. The summed E-state index contributed by atoms with van der Waals surface area (Å²) in [7, 11) is 0. The van der Waals surface area contributed by atoms with Gasteiger partial charge in [0.1, 0.15) is 6.04 Å². The van der Waals surface area contributed by atoms with E-state index in [4.69, 9.17) is 0 Å². The number of hydrogen-bond donors (Lipinski definition) is 1. The van der Waals surface area contributed by atoms with E-state index in [0.29, 0.717) is 24.1 Å². The molecule has 0 radical (unpaired) electrons. The van der Waals surface area contributed by atoms with Crippen molar-refractivity contribution in [2.45, 2.75) is 32.2 Å². The number of nitrogens with one attached hydrogen (secondary N) is 1. The Morgan fingerprint density at radius 1 is 0.962 bits per heavy atom. The summed E-state index contributed by atoms with van der Waals surface area (Å²) < 4.78 is 0. The summed E-state index contributed by atoms with van der Waals surface area (Å²) in [6.07, 6.45) is 2.10. The van der Waals surface area contributed by atoms with Gasteiger partial charge in [-0.05, 0) is 24.1 Å². The highest BCUT2D eigenvalue weighted by atomic mass is 16.2. The van der Waals surface area contributed by atoms with Crippen molar-refractivity contribution in [2.24, 2.45) is 0 Å². The van der Waals surface area contributed by atoms with Crippen molar-refractivity contribution in [1.29, 1.82) is 0 Å². The van der Waals surface area contributed by atoms with Gasteiger partial charge in [0.05, 0.1) is 11.1 Å². The van der Waals surface area contributed by atoms with E-state index in [1.807, 2.05) is 37.3 Å². The maximum Gasteiger partial charge on any atom is 0.262 e. The Bertz CT molecular complexity index is 782. The van der Waals surface area contributed by atoms with Crippen LogP contribution in [0.2, 0.25) is 0 Å². The first-order chi connectivity index (χ1) is 12.6. The van der Waals surface area contributed by atoms with Crippen molar-refractivity contribution in [3.8, 4) is 0 Å². The van der Waals surface area contributed by atoms with Crippen LogP contribution in [-0.4, -0.2) is 35.2 Å². The van der Waals surface area contributed by atoms with Gasteiger partial charge in [-0.15, -0.1) is 0 Å². The minimum Gasteiger partial charge on any atom is -0.354 e. The third-order valence-electron chi connectivity index (χ3n) is 4.54. The van der Waals surface area contributed by atoms with Crippen molar-refractivity contribution in [1.82, 2.24) is 10.2 Å². The maximum absolute atomic E-state index is 12.8. The Kier molecular flexibility index (Phi) is 5.46. The summed E-state index contributed by atoms with van der Waals surface area (Å²) in [5.74, 6) is -1.11. The fraction of sp³-hybridized carbons (Fsp3) is 0.286. The normalized spacial score (nSPS) is 14.3. The fourth-order valence-electron chi connectivity index (χ4n) is 3.14. The van der Waals surface area contributed by atoms with Crippen molar-refractivity contribution in [2.75, 3.05) is 6.54 Å². The van der Waals surface area contributed by atoms with Crippen LogP contribution in [0, 0.1) is 0 Å². The van der Waals surface area contributed by atoms with E-state index in [2.05, 4.69) is 5.32 Å². The van der Waals surface area contributed by atoms with E-state index in [1.165, 1.54) is 0 Å². The minimum atomic E-state index is -0.860. The summed E-state index contributed by atoms with van der Waals surface area (Å²) in [4.78, 5) is 39.5. The molecule has 0 unspecified atom stereocenters. The highest BCUT2D eigenvalue weighted by Gasteiger charge is 2.42. The van der Waals surface area contributed by atoms with Crippen molar-refractivity contribution in [3.63, 3.8) is 0 Å². The largest absolute Gasteiger partial charge is 0.354 e. The molecular formula is C21H22N2O3.